The van der Waals surface area contributed by atoms with E-state index >= 15 is 0 Å². The second-order valence-electron chi connectivity index (χ2n) is 5.35. The third-order valence-electron chi connectivity index (χ3n) is 3.29. The zero-order valence-corrected chi connectivity index (χ0v) is 11.5. The Kier molecular flexibility index (Phi) is 4.78. The molecule has 0 bridgehead atoms. The van der Waals surface area contributed by atoms with Crippen molar-refractivity contribution in [3.8, 4) is 0 Å². The molecule has 0 aromatic heterocycles. The minimum absolute atomic E-state index is 0.163. The third kappa shape index (κ3) is 4.41. The Morgan fingerprint density at radius 2 is 1.83 bits per heavy atom. The highest BCUT2D eigenvalue weighted by molar-refractivity contribution is 5.93. The molecule has 5 heteroatoms. The van der Waals surface area contributed by atoms with Crippen molar-refractivity contribution in [1.29, 1.82) is 0 Å². The van der Waals surface area contributed by atoms with Crippen LogP contribution in [0.1, 0.15) is 26.7 Å². The number of nitrogens with two attached hydrogens (primary N) is 2. The zero-order chi connectivity index (χ0) is 13.8. The van der Waals surface area contributed by atoms with Crippen LogP contribution in [-0.2, 0) is 4.79 Å². The molecule has 1 aliphatic heterocycles. The van der Waals surface area contributed by atoms with Crippen molar-refractivity contribution in [2.24, 2.45) is 11.5 Å². The molecule has 18 heavy (non-hydrogen) atoms. The number of carbonyl (C=O) groups excluding carboxylic acids is 1. The smallest absolute Gasteiger partial charge is 0.267 e. The maximum Gasteiger partial charge on any atom is 0.267 e. The van der Waals surface area contributed by atoms with Gasteiger partial charge in [-0.3, -0.25) is 4.79 Å². The van der Waals surface area contributed by atoms with Gasteiger partial charge in [-0.25, -0.2) is 0 Å². The Morgan fingerprint density at radius 1 is 1.28 bits per heavy atom. The molecule has 1 amide bonds. The molecule has 1 saturated heterocycles. The van der Waals surface area contributed by atoms with Crippen molar-refractivity contribution in [1.82, 2.24) is 10.2 Å². The molecule has 5 nitrogen and oxygen atoms in total. The largest absolute Gasteiger partial charge is 0.402 e. The molecule has 0 unspecified atom stereocenters. The van der Waals surface area contributed by atoms with E-state index in [9.17, 15) is 4.79 Å². The van der Waals surface area contributed by atoms with E-state index < -0.39 is 0 Å². The van der Waals surface area contributed by atoms with Gasteiger partial charge in [0.2, 0.25) is 0 Å². The summed E-state index contributed by atoms with van der Waals surface area (Å²) in [5, 5.41) is 3.01. The molecule has 1 aliphatic rings. The van der Waals surface area contributed by atoms with Crippen molar-refractivity contribution in [3.63, 3.8) is 0 Å². The van der Waals surface area contributed by atoms with Gasteiger partial charge in [0.05, 0.1) is 5.70 Å². The van der Waals surface area contributed by atoms with Crippen LogP contribution in [0, 0.1) is 0 Å². The summed E-state index contributed by atoms with van der Waals surface area (Å²) in [4.78, 5) is 14.2. The van der Waals surface area contributed by atoms with Gasteiger partial charge >= 0.3 is 0 Å². The molecule has 1 rings (SSSR count). The van der Waals surface area contributed by atoms with Crippen LogP contribution in [0.5, 0.6) is 0 Å². The quantitative estimate of drug-likeness (QED) is 0.498. The second kappa shape index (κ2) is 5.91. The van der Waals surface area contributed by atoms with Crippen LogP contribution in [0.2, 0.25) is 0 Å². The summed E-state index contributed by atoms with van der Waals surface area (Å²) in [6, 6.07) is 0. The summed E-state index contributed by atoms with van der Waals surface area (Å²) >= 11 is 0. The van der Waals surface area contributed by atoms with Crippen LogP contribution in [-0.4, -0.2) is 36.5 Å². The number of rotatable bonds is 3. The summed E-state index contributed by atoms with van der Waals surface area (Å²) in [7, 11) is 2.09. The molecule has 0 radical (unpaired) electrons. The normalized spacial score (nSPS) is 21.7. The van der Waals surface area contributed by atoms with Gasteiger partial charge in [0.1, 0.15) is 0 Å². The van der Waals surface area contributed by atoms with Gasteiger partial charge in [-0.05, 0) is 45.9 Å². The Balaban J connectivity index is 2.59. The molecule has 1 fully saturated rings. The molecule has 0 saturated carbocycles. The van der Waals surface area contributed by atoms with Crippen LogP contribution < -0.4 is 16.8 Å². The summed E-state index contributed by atoms with van der Waals surface area (Å²) in [5.74, 6) is -0.223. The predicted molar refractivity (Wildman–Crippen MR) is 73.5 cm³/mol. The van der Waals surface area contributed by atoms with Gasteiger partial charge in [0.25, 0.3) is 5.91 Å². The van der Waals surface area contributed by atoms with E-state index in [1.165, 1.54) is 0 Å². The highest BCUT2D eigenvalue weighted by atomic mass is 16.2. The highest BCUT2D eigenvalue weighted by Gasteiger charge is 2.30. The molecule has 1 heterocycles. The highest BCUT2D eigenvalue weighted by Crippen LogP contribution is 2.20. The molecule has 5 N–H and O–H groups in total. The lowest BCUT2D eigenvalue weighted by Gasteiger charge is -2.38. The van der Waals surface area contributed by atoms with Crippen molar-refractivity contribution >= 4 is 5.91 Å². The molecule has 0 spiro atoms. The van der Waals surface area contributed by atoms with Crippen LogP contribution in [0.25, 0.3) is 0 Å². The van der Waals surface area contributed by atoms with E-state index in [0.29, 0.717) is 5.70 Å². The van der Waals surface area contributed by atoms with Crippen LogP contribution in [0.4, 0.5) is 0 Å². The number of carbonyl (C=O) groups is 1. The van der Waals surface area contributed by atoms with E-state index in [2.05, 4.69) is 24.2 Å². The zero-order valence-electron chi connectivity index (χ0n) is 11.5. The number of piperidine rings is 1. The van der Waals surface area contributed by atoms with Crippen LogP contribution in [0.3, 0.4) is 0 Å². The monoisotopic (exact) mass is 252 g/mol. The average molecular weight is 252 g/mol. The van der Waals surface area contributed by atoms with Crippen LogP contribution in [0.15, 0.2) is 23.5 Å². The maximum atomic E-state index is 11.9. The minimum atomic E-state index is -0.223. The van der Waals surface area contributed by atoms with Gasteiger partial charge in [0.15, 0.2) is 0 Å². The van der Waals surface area contributed by atoms with E-state index in [-0.39, 0.29) is 17.1 Å². The number of hydrogen-bond donors (Lipinski definition) is 3. The number of nitrogens with one attached hydrogen (secondary N) is 1. The van der Waals surface area contributed by atoms with Crippen LogP contribution >= 0.6 is 0 Å². The fourth-order valence-corrected chi connectivity index (χ4v) is 1.88. The maximum absolute atomic E-state index is 11.9. The standard InChI is InChI=1S/C13H24N4O/c1-10(14)4-5-11(15)12(18)16-13(2)6-8-17(3)9-7-13/h4-5H,6-9,14-15H2,1-3H3,(H,16,18)/b10-4-,11-5-. The minimum Gasteiger partial charge on any atom is -0.402 e. The van der Waals surface area contributed by atoms with E-state index in [0.717, 1.165) is 25.9 Å². The molecular formula is C13H24N4O. The lowest BCUT2D eigenvalue weighted by Crippen LogP contribution is -2.53. The molecule has 0 atom stereocenters. The molecule has 0 aromatic rings. The lowest BCUT2D eigenvalue weighted by molar-refractivity contribution is -0.119. The van der Waals surface area contributed by atoms with E-state index in [1.54, 1.807) is 19.1 Å². The fourth-order valence-electron chi connectivity index (χ4n) is 1.88. The first-order valence-corrected chi connectivity index (χ1v) is 6.23. The van der Waals surface area contributed by atoms with Gasteiger partial charge in [-0.15, -0.1) is 0 Å². The molecule has 0 aromatic carbocycles. The van der Waals surface area contributed by atoms with Crippen molar-refractivity contribution in [3.05, 3.63) is 23.5 Å². The third-order valence-corrected chi connectivity index (χ3v) is 3.29. The summed E-state index contributed by atoms with van der Waals surface area (Å²) in [6.45, 7) is 5.79. The Labute approximate surface area is 109 Å². The van der Waals surface area contributed by atoms with E-state index in [1.807, 2.05) is 0 Å². The molecular weight excluding hydrogens is 228 g/mol. The van der Waals surface area contributed by atoms with E-state index in [4.69, 9.17) is 11.5 Å². The Hall–Kier alpha value is -1.49. The number of nitrogens with zero attached hydrogens (tertiary/aromatic N) is 1. The number of hydrogen-bond acceptors (Lipinski definition) is 4. The van der Waals surface area contributed by atoms with Gasteiger partial charge in [0, 0.05) is 24.3 Å². The average Bonchev–Trinajstić information content (AvgIpc) is 2.30. The number of amides is 1. The summed E-state index contributed by atoms with van der Waals surface area (Å²) < 4.78 is 0. The first-order chi connectivity index (χ1) is 8.32. The molecule has 102 valence electrons. The predicted octanol–water partition coefficient (Wildman–Crippen LogP) is 0.292. The van der Waals surface area contributed by atoms with Gasteiger partial charge in [-0.1, -0.05) is 0 Å². The second-order valence-corrected chi connectivity index (χ2v) is 5.35. The van der Waals surface area contributed by atoms with Gasteiger partial charge < -0.3 is 21.7 Å². The van der Waals surface area contributed by atoms with Crippen molar-refractivity contribution in [2.45, 2.75) is 32.2 Å². The number of likely N-dealkylation sites (tertiary alicyclic amines) is 1. The topological polar surface area (TPSA) is 84.4 Å². The van der Waals surface area contributed by atoms with Crippen molar-refractivity contribution in [2.75, 3.05) is 20.1 Å². The van der Waals surface area contributed by atoms with Gasteiger partial charge in [-0.2, -0.15) is 0 Å². The Morgan fingerprint density at radius 3 is 2.33 bits per heavy atom. The SMILES string of the molecule is C/C(N)=C/C=C(\N)C(=O)NC1(C)CCN(C)CC1. The van der Waals surface area contributed by atoms with Crippen molar-refractivity contribution < 1.29 is 4.79 Å². The first kappa shape index (κ1) is 14.6. The lowest BCUT2D eigenvalue weighted by atomic mass is 9.89. The summed E-state index contributed by atoms with van der Waals surface area (Å²) in [6.07, 6.45) is 5.05. The first-order valence-electron chi connectivity index (χ1n) is 6.23. The molecule has 0 aliphatic carbocycles. The summed E-state index contributed by atoms with van der Waals surface area (Å²) in [5.41, 5.74) is 11.9. The fraction of sp³-hybridized carbons (Fsp3) is 0.615. The Bertz CT molecular complexity index is 361. The number of allylic oxidation sites excluding steroid dienone is 3.